The predicted octanol–water partition coefficient (Wildman–Crippen LogP) is 0.618. The molecule has 0 bridgehead atoms. The first-order valence-electron chi connectivity index (χ1n) is 2.42. The van der Waals surface area contributed by atoms with E-state index in [0.29, 0.717) is 0 Å². The summed E-state index contributed by atoms with van der Waals surface area (Å²) in [7, 11) is 9.78. The third-order valence-corrected chi connectivity index (χ3v) is 0. The quantitative estimate of drug-likeness (QED) is 0.189. The summed E-state index contributed by atoms with van der Waals surface area (Å²) in [5.41, 5.74) is 0. The molecule has 0 aliphatic carbocycles. The van der Waals surface area contributed by atoms with Gasteiger partial charge in [-0.1, -0.05) is 0 Å². The van der Waals surface area contributed by atoms with E-state index in [4.69, 9.17) is 66.5 Å². The largest absolute Gasteiger partial charge is 0 e. The van der Waals surface area contributed by atoms with Gasteiger partial charge in [0.25, 0.3) is 0 Å². The van der Waals surface area contributed by atoms with Gasteiger partial charge < -0.3 is 0 Å². The molecule has 0 saturated carbocycles. The van der Waals surface area contributed by atoms with Crippen LogP contribution < -0.4 is 0 Å². The monoisotopic (exact) mass is 792 g/mol. The van der Waals surface area contributed by atoms with Crippen molar-refractivity contribution >= 4 is 33.6 Å². The van der Waals surface area contributed by atoms with Crippen LogP contribution in [0.5, 0.6) is 0 Å². The van der Waals surface area contributed by atoms with E-state index in [1.807, 2.05) is 0 Å². The molecular weight excluding hydrogens is 791 g/mol. The minimum Gasteiger partial charge on any atom is 0 e. The zero-order valence-electron chi connectivity index (χ0n) is 11.2. The van der Waals surface area contributed by atoms with E-state index in [-0.39, 0.29) is 42.1 Å². The molecule has 10 nitrogen and oxygen atoms in total. The normalized spacial score (nSPS) is 1.52. The fraction of sp³-hybridized carbons (Fsp3) is 0. The molecule has 0 aromatic rings. The Labute approximate surface area is 187 Å². The molecule has 0 fully saturated rings. The maximum absolute atomic E-state index is 7.50. The molecule has 0 aliphatic rings. The summed E-state index contributed by atoms with van der Waals surface area (Å²) in [6.07, 6.45) is 0. The second-order valence-corrected chi connectivity index (χ2v) is 3.34. The van der Waals surface area contributed by atoms with E-state index in [1.165, 1.54) is 0 Å². The minimum atomic E-state index is -0.556. The fourth-order valence-electron chi connectivity index (χ4n) is 0. The molecule has 0 aromatic heterocycles. The Kier molecular flexibility index (Phi) is 62200. The topological polar surface area (TPSA) is 199 Å². The molecule has 25 heavy (non-hydrogen) atoms. The summed E-state index contributed by atoms with van der Waals surface area (Å²) in [5, 5.41) is 0. The summed E-state index contributed by atoms with van der Waals surface area (Å²) in [6.45, 7) is 45.0. The van der Waals surface area contributed by atoms with Crippen LogP contribution in [-0.2, 0) is 88.7 Å². The van der Waals surface area contributed by atoms with Gasteiger partial charge in [0.2, 0.25) is 0 Å². The Morgan fingerprint density at radius 3 is 0.320 bits per heavy atom. The van der Waals surface area contributed by atoms with Crippen molar-refractivity contribution < 1.29 is 88.7 Å². The summed E-state index contributed by atoms with van der Waals surface area (Å²) >= 11 is -0.556. The molecular formula is C10Cl2GeO10W2. The molecule has 130 valence electrons. The summed E-state index contributed by atoms with van der Waals surface area (Å²) in [5.74, 6) is 0. The third-order valence-electron chi connectivity index (χ3n) is 0. The second-order valence-electron chi connectivity index (χ2n) is 0.0714. The van der Waals surface area contributed by atoms with Crippen molar-refractivity contribution in [2.75, 3.05) is 0 Å². The van der Waals surface area contributed by atoms with Crippen molar-refractivity contribution in [3.8, 4) is 0 Å². The zero-order chi connectivity index (χ0) is 22.7. The maximum atomic E-state index is 7.50. The van der Waals surface area contributed by atoms with Crippen molar-refractivity contribution in [3.63, 3.8) is 0 Å². The van der Waals surface area contributed by atoms with Gasteiger partial charge in [-0.05, 0) is 0 Å². The molecule has 15 heteroatoms. The molecule has 0 N–H and O–H groups in total. The zero-order valence-corrected chi connectivity index (χ0v) is 20.6. The van der Waals surface area contributed by atoms with Gasteiger partial charge in [0.1, 0.15) is 0 Å². The van der Waals surface area contributed by atoms with E-state index in [9.17, 15) is 0 Å². The molecule has 0 rings (SSSR count). The van der Waals surface area contributed by atoms with Crippen molar-refractivity contribution in [2.24, 2.45) is 0 Å². The van der Waals surface area contributed by atoms with Gasteiger partial charge >= 0.3 is 147 Å². The van der Waals surface area contributed by atoms with Gasteiger partial charge in [-0.2, -0.15) is 0 Å². The molecule has 0 unspecified atom stereocenters. The van der Waals surface area contributed by atoms with Crippen molar-refractivity contribution in [1.82, 2.24) is 0 Å². The molecule has 0 heterocycles. The van der Waals surface area contributed by atoms with Crippen LogP contribution in [-0.4, -0.2) is 13.6 Å². The molecule has 0 aliphatic heterocycles. The summed E-state index contributed by atoms with van der Waals surface area (Å²) < 4.78 is 75.0. The van der Waals surface area contributed by atoms with Gasteiger partial charge in [-0.25, -0.2) is 0 Å². The SMILES string of the molecule is [C-]#[O+].[C-]#[O+].[C-]#[O+].[C-]#[O+].[C-]#[O+].[C-]#[O+].[C-]#[O+].[C-]#[O+].[C-]#[O+].[C-]#[O+].[Cl][Ge][Cl].[W].[W]. The van der Waals surface area contributed by atoms with Crippen LogP contribution in [0.4, 0.5) is 0 Å². The molecule has 0 aromatic carbocycles. The third kappa shape index (κ3) is 1130000. The Hall–Kier alpha value is -0.101. The Bertz CT molecular complexity index is 206. The number of halogens is 2. The fourth-order valence-corrected chi connectivity index (χ4v) is 0. The minimum absolute atomic E-state index is 0. The molecule has 0 atom stereocenters. The average Bonchev–Trinajstić information content (AvgIpc) is 2.77. The first kappa shape index (κ1) is 100. The first-order chi connectivity index (χ1) is 11.4. The van der Waals surface area contributed by atoms with E-state index < -0.39 is 13.6 Å². The van der Waals surface area contributed by atoms with Crippen LogP contribution in [0.2, 0.25) is 0 Å². The van der Waals surface area contributed by atoms with E-state index in [2.05, 4.69) is 66.5 Å². The van der Waals surface area contributed by atoms with E-state index >= 15 is 0 Å². The van der Waals surface area contributed by atoms with Gasteiger partial charge in [0, 0.05) is 42.1 Å². The van der Waals surface area contributed by atoms with Crippen LogP contribution in [0, 0.1) is 66.5 Å². The van der Waals surface area contributed by atoms with Gasteiger partial charge in [-0.3, -0.25) is 0 Å². The number of hydrogen-bond acceptors (Lipinski definition) is 0. The Morgan fingerprint density at radius 1 is 0.320 bits per heavy atom. The maximum Gasteiger partial charge on any atom is 0 e. The van der Waals surface area contributed by atoms with Crippen molar-refractivity contribution in [2.45, 2.75) is 0 Å². The molecule has 0 amide bonds. The van der Waals surface area contributed by atoms with Gasteiger partial charge in [0.15, 0.2) is 0 Å². The first-order valence-corrected chi connectivity index (χ1v) is 7.93. The summed E-state index contributed by atoms with van der Waals surface area (Å²) in [6, 6.07) is 0. The van der Waals surface area contributed by atoms with Crippen molar-refractivity contribution in [1.29, 1.82) is 0 Å². The predicted molar refractivity (Wildman–Crippen MR) is 56.8 cm³/mol. The smallest absolute Gasteiger partial charge is 0 e. The number of hydrogen-bond donors (Lipinski definition) is 0. The second kappa shape index (κ2) is 15500. The number of rotatable bonds is 0. The van der Waals surface area contributed by atoms with E-state index in [1.54, 1.807) is 0 Å². The van der Waals surface area contributed by atoms with Crippen LogP contribution in [0.25, 0.3) is 0 Å². The van der Waals surface area contributed by atoms with Crippen LogP contribution in [0.15, 0.2) is 0 Å². The molecule has 0 saturated heterocycles. The van der Waals surface area contributed by atoms with Gasteiger partial charge in [-0.15, -0.1) is 0 Å². The van der Waals surface area contributed by atoms with Crippen LogP contribution >= 0.6 is 20.0 Å². The standard InChI is InChI=1S/10CO.Cl2Ge.2W/c10*1-2;1-3-2;;. The van der Waals surface area contributed by atoms with Crippen LogP contribution in [0.3, 0.4) is 0 Å². The summed E-state index contributed by atoms with van der Waals surface area (Å²) in [4.78, 5) is 0. The van der Waals surface area contributed by atoms with Crippen LogP contribution in [0.1, 0.15) is 0 Å². The average molecular weight is 791 g/mol. The molecule has 2 radical (unpaired) electrons. The van der Waals surface area contributed by atoms with Gasteiger partial charge in [0.05, 0.1) is 0 Å². The van der Waals surface area contributed by atoms with E-state index in [0.717, 1.165) is 0 Å². The molecule has 0 spiro atoms. The Balaban J connectivity index is -0.00000000573. The Morgan fingerprint density at radius 2 is 0.320 bits per heavy atom. The van der Waals surface area contributed by atoms with Crippen molar-refractivity contribution in [3.05, 3.63) is 66.5 Å².